The molecule has 0 bridgehead atoms. The highest BCUT2D eigenvalue weighted by Crippen LogP contribution is 2.30. The lowest BCUT2D eigenvalue weighted by atomic mass is 10.0. The fraction of sp³-hybridized carbons (Fsp3) is 0.476. The van der Waals surface area contributed by atoms with Gasteiger partial charge in [0.1, 0.15) is 17.3 Å². The normalized spacial score (nSPS) is 15.9. The lowest BCUT2D eigenvalue weighted by Crippen LogP contribution is -2.48. The number of rotatable bonds is 6. The number of benzene rings is 1. The fourth-order valence-electron chi connectivity index (χ4n) is 3.41. The molecule has 6 nitrogen and oxygen atoms in total. The molecule has 1 aliphatic rings. The monoisotopic (exact) mass is 372 g/mol. The number of carbonyl (C=O) groups excluding carboxylic acids is 1. The molecule has 27 heavy (non-hydrogen) atoms. The summed E-state index contributed by atoms with van der Waals surface area (Å²) in [6.07, 6.45) is 0. The minimum atomic E-state index is -0.411. The third-order valence-corrected chi connectivity index (χ3v) is 5.08. The third kappa shape index (κ3) is 4.51. The van der Waals surface area contributed by atoms with E-state index in [9.17, 15) is 4.79 Å². The van der Waals surface area contributed by atoms with Gasteiger partial charge in [-0.2, -0.15) is 0 Å². The lowest BCUT2D eigenvalue weighted by molar-refractivity contribution is 0.0601. The maximum absolute atomic E-state index is 12.2. The number of furan rings is 1. The lowest BCUT2D eigenvalue weighted by Gasteiger charge is -2.36. The maximum Gasteiger partial charge on any atom is 0.338 e. The molecule has 0 atom stereocenters. The standard InChI is InChI=1S/C21H28N2O4/c1-15(2)23-11-9-22(10-12-23)14-17-6-8-20(27-17)18-7-5-16(25-3)13-19(18)21(24)26-4/h5-8,13,15H,9-12,14H2,1-4H3. The smallest absolute Gasteiger partial charge is 0.338 e. The molecular formula is C21H28N2O4. The van der Waals surface area contributed by atoms with Crippen molar-refractivity contribution in [3.05, 3.63) is 41.7 Å². The van der Waals surface area contributed by atoms with E-state index in [2.05, 4.69) is 23.6 Å². The molecule has 0 aliphatic carbocycles. The molecule has 2 heterocycles. The van der Waals surface area contributed by atoms with Crippen molar-refractivity contribution in [2.75, 3.05) is 40.4 Å². The molecule has 0 unspecified atom stereocenters. The van der Waals surface area contributed by atoms with Gasteiger partial charge in [-0.05, 0) is 44.2 Å². The Labute approximate surface area is 160 Å². The second-order valence-corrected chi connectivity index (χ2v) is 7.07. The molecule has 0 radical (unpaired) electrons. The topological polar surface area (TPSA) is 55.2 Å². The number of ether oxygens (including phenoxy) is 2. The molecule has 1 aromatic carbocycles. The molecule has 0 amide bonds. The Morgan fingerprint density at radius 2 is 1.85 bits per heavy atom. The average Bonchev–Trinajstić information content (AvgIpc) is 3.15. The number of methoxy groups -OCH3 is 2. The summed E-state index contributed by atoms with van der Waals surface area (Å²) in [5.41, 5.74) is 1.14. The number of hydrogen-bond donors (Lipinski definition) is 0. The first-order chi connectivity index (χ1) is 13.0. The minimum Gasteiger partial charge on any atom is -0.497 e. The summed E-state index contributed by atoms with van der Waals surface area (Å²) in [6.45, 7) is 9.47. The van der Waals surface area contributed by atoms with Crippen molar-refractivity contribution < 1.29 is 18.7 Å². The van der Waals surface area contributed by atoms with Crippen LogP contribution in [0.2, 0.25) is 0 Å². The van der Waals surface area contributed by atoms with Crippen LogP contribution in [0.25, 0.3) is 11.3 Å². The Morgan fingerprint density at radius 1 is 1.11 bits per heavy atom. The molecule has 0 N–H and O–H groups in total. The second-order valence-electron chi connectivity index (χ2n) is 7.07. The van der Waals surface area contributed by atoms with E-state index in [-0.39, 0.29) is 0 Å². The highest BCUT2D eigenvalue weighted by Gasteiger charge is 2.21. The van der Waals surface area contributed by atoms with E-state index in [0.29, 0.717) is 28.7 Å². The van der Waals surface area contributed by atoms with E-state index in [1.807, 2.05) is 24.3 Å². The molecule has 1 fully saturated rings. The third-order valence-electron chi connectivity index (χ3n) is 5.08. The van der Waals surface area contributed by atoms with E-state index >= 15 is 0 Å². The van der Waals surface area contributed by atoms with Gasteiger partial charge in [0.25, 0.3) is 0 Å². The van der Waals surface area contributed by atoms with Crippen LogP contribution in [0.1, 0.15) is 30.0 Å². The fourth-order valence-corrected chi connectivity index (χ4v) is 3.41. The molecular weight excluding hydrogens is 344 g/mol. The molecule has 0 spiro atoms. The number of esters is 1. The van der Waals surface area contributed by atoms with Gasteiger partial charge in [-0.3, -0.25) is 9.80 Å². The highest BCUT2D eigenvalue weighted by atomic mass is 16.5. The molecule has 6 heteroatoms. The largest absolute Gasteiger partial charge is 0.497 e. The van der Waals surface area contributed by atoms with E-state index in [0.717, 1.165) is 38.5 Å². The predicted octanol–water partition coefficient (Wildman–Crippen LogP) is 3.27. The Kier molecular flexibility index (Phi) is 6.19. The summed E-state index contributed by atoms with van der Waals surface area (Å²) in [5.74, 6) is 1.75. The van der Waals surface area contributed by atoms with Crippen LogP contribution in [0.15, 0.2) is 34.7 Å². The summed E-state index contributed by atoms with van der Waals surface area (Å²) in [7, 11) is 2.94. The molecule has 3 rings (SSSR count). The van der Waals surface area contributed by atoms with Crippen molar-refractivity contribution in [2.24, 2.45) is 0 Å². The zero-order chi connectivity index (χ0) is 19.4. The summed E-state index contributed by atoms with van der Waals surface area (Å²) in [5, 5.41) is 0. The zero-order valence-corrected chi connectivity index (χ0v) is 16.5. The van der Waals surface area contributed by atoms with E-state index < -0.39 is 5.97 Å². The van der Waals surface area contributed by atoms with Crippen molar-refractivity contribution in [3.63, 3.8) is 0 Å². The van der Waals surface area contributed by atoms with Gasteiger partial charge in [0.05, 0.1) is 26.3 Å². The van der Waals surface area contributed by atoms with Crippen LogP contribution in [0, 0.1) is 0 Å². The highest BCUT2D eigenvalue weighted by molar-refractivity contribution is 5.97. The van der Waals surface area contributed by atoms with Gasteiger partial charge in [0, 0.05) is 37.8 Å². The van der Waals surface area contributed by atoms with Crippen molar-refractivity contribution in [3.8, 4) is 17.1 Å². The van der Waals surface area contributed by atoms with Crippen LogP contribution < -0.4 is 4.74 Å². The molecule has 0 saturated carbocycles. The molecule has 1 saturated heterocycles. The van der Waals surface area contributed by atoms with Crippen LogP contribution >= 0.6 is 0 Å². The number of carbonyl (C=O) groups is 1. The molecule has 1 aromatic heterocycles. The van der Waals surface area contributed by atoms with Gasteiger partial charge in [-0.1, -0.05) is 0 Å². The maximum atomic E-state index is 12.2. The Balaban J connectivity index is 1.73. The van der Waals surface area contributed by atoms with E-state index in [1.54, 1.807) is 13.2 Å². The van der Waals surface area contributed by atoms with Crippen molar-refractivity contribution >= 4 is 5.97 Å². The van der Waals surface area contributed by atoms with Gasteiger partial charge >= 0.3 is 5.97 Å². The summed E-state index contributed by atoms with van der Waals surface area (Å²) < 4.78 is 16.2. The first-order valence-corrected chi connectivity index (χ1v) is 9.33. The van der Waals surface area contributed by atoms with E-state index in [1.165, 1.54) is 7.11 Å². The van der Waals surface area contributed by atoms with Crippen LogP contribution in [0.4, 0.5) is 0 Å². The van der Waals surface area contributed by atoms with Gasteiger partial charge < -0.3 is 13.9 Å². The number of hydrogen-bond acceptors (Lipinski definition) is 6. The van der Waals surface area contributed by atoms with Crippen LogP contribution in [0.5, 0.6) is 5.75 Å². The summed E-state index contributed by atoms with van der Waals surface area (Å²) in [6, 6.07) is 9.80. The summed E-state index contributed by atoms with van der Waals surface area (Å²) >= 11 is 0. The van der Waals surface area contributed by atoms with Crippen LogP contribution in [0.3, 0.4) is 0 Å². The average molecular weight is 372 g/mol. The van der Waals surface area contributed by atoms with Gasteiger partial charge in [0.15, 0.2) is 0 Å². The van der Waals surface area contributed by atoms with Gasteiger partial charge in [-0.15, -0.1) is 0 Å². The van der Waals surface area contributed by atoms with E-state index in [4.69, 9.17) is 13.9 Å². The second kappa shape index (κ2) is 8.59. The summed E-state index contributed by atoms with van der Waals surface area (Å²) in [4.78, 5) is 17.0. The first-order valence-electron chi connectivity index (χ1n) is 9.33. The van der Waals surface area contributed by atoms with Gasteiger partial charge in [-0.25, -0.2) is 4.79 Å². The Morgan fingerprint density at radius 3 is 2.48 bits per heavy atom. The van der Waals surface area contributed by atoms with Crippen molar-refractivity contribution in [1.29, 1.82) is 0 Å². The predicted molar refractivity (Wildman–Crippen MR) is 104 cm³/mol. The SMILES string of the molecule is COC(=O)c1cc(OC)ccc1-c1ccc(CN2CCN(C(C)C)CC2)o1. The minimum absolute atomic E-state index is 0.411. The Bertz CT molecular complexity index is 776. The zero-order valence-electron chi connectivity index (χ0n) is 16.5. The van der Waals surface area contributed by atoms with Crippen molar-refractivity contribution in [1.82, 2.24) is 9.80 Å². The van der Waals surface area contributed by atoms with Crippen molar-refractivity contribution in [2.45, 2.75) is 26.4 Å². The van der Waals surface area contributed by atoms with Crippen LogP contribution in [-0.4, -0.2) is 62.2 Å². The first kappa shape index (κ1) is 19.5. The number of piperazine rings is 1. The van der Waals surface area contributed by atoms with Crippen LogP contribution in [-0.2, 0) is 11.3 Å². The quantitative estimate of drug-likeness (QED) is 0.726. The molecule has 2 aromatic rings. The molecule has 1 aliphatic heterocycles. The van der Waals surface area contributed by atoms with Gasteiger partial charge in [0.2, 0.25) is 0 Å². The Hall–Kier alpha value is -2.31. The molecule has 146 valence electrons. The number of nitrogens with zero attached hydrogens (tertiary/aromatic N) is 2.